The number of halogens is 2. The van der Waals surface area contributed by atoms with Crippen LogP contribution in [-0.4, -0.2) is 28.7 Å². The second-order valence-electron chi connectivity index (χ2n) is 8.79. The van der Waals surface area contributed by atoms with E-state index in [4.69, 9.17) is 11.6 Å². The number of hydrogen-bond donors (Lipinski definition) is 1. The van der Waals surface area contributed by atoms with Crippen molar-refractivity contribution in [3.8, 4) is 0 Å². The molecule has 35 heavy (non-hydrogen) atoms. The number of carbonyl (C=O) groups is 3. The Bertz CT molecular complexity index is 1410. The molecule has 0 aliphatic carbocycles. The number of anilines is 2. The van der Waals surface area contributed by atoms with Crippen LogP contribution in [0.15, 0.2) is 79.0 Å². The molecule has 0 spiro atoms. The smallest absolute Gasteiger partial charge is 0.247 e. The molecular formula is C27H19ClFN3O3. The van der Waals surface area contributed by atoms with Gasteiger partial charge in [-0.05, 0) is 53.6 Å². The predicted molar refractivity (Wildman–Crippen MR) is 130 cm³/mol. The van der Waals surface area contributed by atoms with Gasteiger partial charge in [0.1, 0.15) is 11.9 Å². The second kappa shape index (κ2) is 8.06. The summed E-state index contributed by atoms with van der Waals surface area (Å²) >= 11 is 5.96. The molecule has 174 valence electrons. The zero-order valence-electron chi connectivity index (χ0n) is 18.3. The van der Waals surface area contributed by atoms with Crippen LogP contribution in [0.4, 0.5) is 15.8 Å². The summed E-state index contributed by atoms with van der Waals surface area (Å²) < 4.78 is 14.7. The summed E-state index contributed by atoms with van der Waals surface area (Å²) in [5, 5.41) is 3.38. The summed E-state index contributed by atoms with van der Waals surface area (Å²) in [4.78, 5) is 43.7. The number of benzene rings is 3. The van der Waals surface area contributed by atoms with Crippen LogP contribution in [0.2, 0.25) is 5.02 Å². The lowest BCUT2D eigenvalue weighted by molar-refractivity contribution is -0.128. The minimum atomic E-state index is -0.977. The number of rotatable bonds is 3. The van der Waals surface area contributed by atoms with Crippen molar-refractivity contribution < 1.29 is 18.8 Å². The molecule has 8 heteroatoms. The molecule has 0 aromatic heterocycles. The van der Waals surface area contributed by atoms with Gasteiger partial charge in [-0.1, -0.05) is 48.0 Å². The maximum absolute atomic E-state index is 14.7. The number of hydrogen-bond acceptors (Lipinski definition) is 4. The molecule has 3 aliphatic rings. The summed E-state index contributed by atoms with van der Waals surface area (Å²) in [5.41, 5.74) is 2.18. The maximum atomic E-state index is 14.7. The molecule has 3 amide bonds. The summed E-state index contributed by atoms with van der Waals surface area (Å²) in [7, 11) is 0. The Morgan fingerprint density at radius 2 is 1.57 bits per heavy atom. The molecule has 2 fully saturated rings. The van der Waals surface area contributed by atoms with E-state index in [1.54, 1.807) is 41.4 Å². The fourth-order valence-electron chi connectivity index (χ4n) is 5.48. The quantitative estimate of drug-likeness (QED) is 0.547. The molecule has 2 saturated heterocycles. The lowest BCUT2D eigenvalue weighted by Crippen LogP contribution is -2.46. The van der Waals surface area contributed by atoms with E-state index in [-0.39, 0.29) is 5.69 Å². The fraction of sp³-hybridized carbons (Fsp3) is 0.148. The van der Waals surface area contributed by atoms with Gasteiger partial charge in [0, 0.05) is 16.9 Å². The van der Waals surface area contributed by atoms with Crippen LogP contribution in [0.25, 0.3) is 6.08 Å². The van der Waals surface area contributed by atoms with Gasteiger partial charge in [0.2, 0.25) is 17.7 Å². The van der Waals surface area contributed by atoms with Crippen molar-refractivity contribution in [2.75, 3.05) is 10.2 Å². The van der Waals surface area contributed by atoms with E-state index in [1.807, 2.05) is 30.3 Å². The van der Waals surface area contributed by atoms with Gasteiger partial charge in [-0.15, -0.1) is 0 Å². The Labute approximate surface area is 205 Å². The first-order valence-electron chi connectivity index (χ1n) is 11.2. The van der Waals surface area contributed by atoms with E-state index in [1.165, 1.54) is 18.2 Å². The molecule has 6 rings (SSSR count). The molecule has 3 heterocycles. The van der Waals surface area contributed by atoms with E-state index in [2.05, 4.69) is 5.32 Å². The zero-order valence-corrected chi connectivity index (χ0v) is 19.0. The lowest BCUT2D eigenvalue weighted by atomic mass is 9.84. The molecule has 0 bridgehead atoms. The zero-order chi connectivity index (χ0) is 24.3. The Kier molecular flexibility index (Phi) is 4.96. The Balaban J connectivity index is 1.45. The fourth-order valence-corrected chi connectivity index (χ4v) is 5.60. The van der Waals surface area contributed by atoms with Crippen LogP contribution in [0.3, 0.4) is 0 Å². The van der Waals surface area contributed by atoms with Crippen molar-refractivity contribution >= 4 is 46.8 Å². The normalized spacial score (nSPS) is 24.3. The summed E-state index contributed by atoms with van der Waals surface area (Å²) in [6.07, 6.45) is 3.64. The summed E-state index contributed by atoms with van der Waals surface area (Å²) in [6, 6.07) is 18.4. The van der Waals surface area contributed by atoms with Crippen molar-refractivity contribution in [1.29, 1.82) is 0 Å². The standard InChI is InChI=1S/C27H19ClFN3O3/c28-16-9-11-17(12-10-16)30-25(33)24-22-21(23-18-6-2-1-5-15(18)13-14-31(23)24)26(34)32(27(22)35)20-8-4-3-7-19(20)29/h1-14,21-24H,(H,30,33)/t21-,22+,23+,24-/m0/s1. The third-order valence-corrected chi connectivity index (χ3v) is 7.19. The maximum Gasteiger partial charge on any atom is 0.247 e. The minimum absolute atomic E-state index is 0.0973. The van der Waals surface area contributed by atoms with Gasteiger partial charge < -0.3 is 10.2 Å². The second-order valence-corrected chi connectivity index (χ2v) is 9.23. The average Bonchev–Trinajstić information content (AvgIpc) is 3.34. The monoisotopic (exact) mass is 487 g/mol. The van der Waals surface area contributed by atoms with Crippen molar-refractivity contribution in [1.82, 2.24) is 4.90 Å². The highest BCUT2D eigenvalue weighted by Gasteiger charge is 2.64. The largest absolute Gasteiger partial charge is 0.357 e. The molecule has 1 N–H and O–H groups in total. The van der Waals surface area contributed by atoms with E-state index in [9.17, 15) is 18.8 Å². The summed E-state index contributed by atoms with van der Waals surface area (Å²) in [6.45, 7) is 0. The van der Waals surface area contributed by atoms with Gasteiger partial charge in [0.15, 0.2) is 0 Å². The Morgan fingerprint density at radius 1 is 0.886 bits per heavy atom. The van der Waals surface area contributed by atoms with Crippen LogP contribution in [-0.2, 0) is 14.4 Å². The SMILES string of the molecule is O=C(Nc1ccc(Cl)cc1)[C@@H]1[C@@H]2C(=O)N(c3ccccc3F)C(=O)[C@@H]2[C@H]2c3ccccc3C=CN12. The van der Waals surface area contributed by atoms with Gasteiger partial charge in [-0.3, -0.25) is 14.4 Å². The Morgan fingerprint density at radius 3 is 2.34 bits per heavy atom. The van der Waals surface area contributed by atoms with Crippen molar-refractivity contribution in [3.63, 3.8) is 0 Å². The van der Waals surface area contributed by atoms with Crippen LogP contribution >= 0.6 is 11.6 Å². The third-order valence-electron chi connectivity index (χ3n) is 6.94. The van der Waals surface area contributed by atoms with E-state index in [0.717, 1.165) is 16.0 Å². The van der Waals surface area contributed by atoms with E-state index >= 15 is 0 Å². The van der Waals surface area contributed by atoms with Crippen molar-refractivity contribution in [2.24, 2.45) is 11.8 Å². The van der Waals surface area contributed by atoms with E-state index in [0.29, 0.717) is 10.7 Å². The van der Waals surface area contributed by atoms with Crippen LogP contribution in [0.1, 0.15) is 17.2 Å². The molecule has 3 aromatic rings. The molecule has 6 nitrogen and oxygen atoms in total. The van der Waals surface area contributed by atoms with Gasteiger partial charge in [-0.25, -0.2) is 9.29 Å². The molecule has 0 unspecified atom stereocenters. The highest BCUT2D eigenvalue weighted by molar-refractivity contribution is 6.30. The molecular weight excluding hydrogens is 469 g/mol. The van der Waals surface area contributed by atoms with Crippen LogP contribution in [0.5, 0.6) is 0 Å². The molecule has 0 saturated carbocycles. The van der Waals surface area contributed by atoms with Crippen LogP contribution in [0, 0.1) is 17.7 Å². The number of amides is 3. The topological polar surface area (TPSA) is 69.7 Å². The number of imide groups is 1. The third kappa shape index (κ3) is 3.26. The highest BCUT2D eigenvalue weighted by atomic mass is 35.5. The van der Waals surface area contributed by atoms with Crippen LogP contribution < -0.4 is 10.2 Å². The number of carbonyl (C=O) groups excluding carboxylic acids is 3. The molecule has 0 radical (unpaired) electrons. The van der Waals surface area contributed by atoms with E-state index < -0.39 is 47.5 Å². The molecule has 4 atom stereocenters. The molecule has 3 aromatic carbocycles. The van der Waals surface area contributed by atoms with Crippen molar-refractivity contribution in [2.45, 2.75) is 12.1 Å². The average molecular weight is 488 g/mol. The number of para-hydroxylation sites is 1. The number of fused-ring (bicyclic) bond motifs is 5. The van der Waals surface area contributed by atoms with Gasteiger partial charge in [-0.2, -0.15) is 0 Å². The van der Waals surface area contributed by atoms with Crippen molar-refractivity contribution in [3.05, 3.63) is 101 Å². The first kappa shape index (κ1) is 21.6. The number of nitrogens with zero attached hydrogens (tertiary/aromatic N) is 2. The van der Waals surface area contributed by atoms with Gasteiger partial charge in [0.05, 0.1) is 23.6 Å². The first-order valence-corrected chi connectivity index (χ1v) is 11.6. The highest BCUT2D eigenvalue weighted by Crippen LogP contribution is 2.53. The lowest BCUT2D eigenvalue weighted by Gasteiger charge is -2.35. The first-order chi connectivity index (χ1) is 17.0. The predicted octanol–water partition coefficient (Wildman–Crippen LogP) is 4.63. The number of nitrogens with one attached hydrogen (secondary N) is 1. The summed E-state index contributed by atoms with van der Waals surface area (Å²) in [5.74, 6) is -4.00. The Hall–Kier alpha value is -3.97. The molecule has 3 aliphatic heterocycles. The van der Waals surface area contributed by atoms with Gasteiger partial charge >= 0.3 is 0 Å². The van der Waals surface area contributed by atoms with Gasteiger partial charge in [0.25, 0.3) is 0 Å². The minimum Gasteiger partial charge on any atom is -0.357 e.